The number of anilines is 2. The second-order valence-electron chi connectivity index (χ2n) is 4.73. The third-order valence-corrected chi connectivity index (χ3v) is 4.36. The number of carbonyl (C=O) groups excluding carboxylic acids is 1. The molecule has 1 N–H and O–H groups in total. The molecule has 0 aliphatic carbocycles. The number of aromatic nitrogens is 1. The van der Waals surface area contributed by atoms with Crippen molar-refractivity contribution in [3.8, 4) is 0 Å². The van der Waals surface area contributed by atoms with Crippen LogP contribution in [0.15, 0.2) is 36.5 Å². The monoisotopic (exact) mass is 274 g/mol. The Morgan fingerprint density at radius 1 is 1.37 bits per heavy atom. The van der Waals surface area contributed by atoms with Crippen molar-refractivity contribution in [1.29, 1.82) is 0 Å². The summed E-state index contributed by atoms with van der Waals surface area (Å²) in [5.41, 5.74) is 0.489. The molecule has 1 aliphatic rings. The van der Waals surface area contributed by atoms with E-state index in [9.17, 15) is 4.79 Å². The molecule has 1 aromatic carbocycles. The van der Waals surface area contributed by atoms with Crippen LogP contribution in [0.2, 0.25) is 0 Å². The van der Waals surface area contributed by atoms with Crippen LogP contribution in [0.25, 0.3) is 0 Å². The lowest BCUT2D eigenvalue weighted by Crippen LogP contribution is -2.19. The van der Waals surface area contributed by atoms with Crippen molar-refractivity contribution in [2.24, 2.45) is 0 Å². The van der Waals surface area contributed by atoms with E-state index in [2.05, 4.69) is 10.3 Å². The van der Waals surface area contributed by atoms with Crippen LogP contribution >= 0.6 is 11.3 Å². The molecule has 1 aliphatic heterocycles. The number of hydrogen-bond acceptors (Lipinski definition) is 5. The molecule has 0 radical (unpaired) electrons. The maximum atomic E-state index is 11.3. The molecule has 1 atom stereocenters. The van der Waals surface area contributed by atoms with Crippen molar-refractivity contribution < 1.29 is 9.53 Å². The van der Waals surface area contributed by atoms with Gasteiger partial charge in [0.15, 0.2) is 5.13 Å². The van der Waals surface area contributed by atoms with E-state index in [1.165, 1.54) is 11.3 Å². The number of thiazole rings is 1. The number of benzene rings is 1. The third-order valence-electron chi connectivity index (χ3n) is 3.20. The quantitative estimate of drug-likeness (QED) is 0.871. The van der Waals surface area contributed by atoms with E-state index in [1.807, 2.05) is 37.3 Å². The van der Waals surface area contributed by atoms with Crippen LogP contribution in [0, 0.1) is 0 Å². The first-order valence-electron chi connectivity index (χ1n) is 6.16. The van der Waals surface area contributed by atoms with Crippen LogP contribution in [-0.2, 0) is 15.1 Å². The highest BCUT2D eigenvalue weighted by molar-refractivity contribution is 7.15. The Labute approximate surface area is 115 Å². The van der Waals surface area contributed by atoms with Gasteiger partial charge in [0.25, 0.3) is 0 Å². The number of rotatable bonds is 3. The molecular weight excluding hydrogens is 260 g/mol. The smallest absolute Gasteiger partial charge is 0.306 e. The standard InChI is InChI=1S/C14H14N2O2S/c1-14(8-7-12(17)18-14)11-9-15-13(19-11)16-10-5-3-2-4-6-10/h2-6,9H,7-8H2,1H3,(H,15,16)/t14-/m1/s1. The molecule has 5 heteroatoms. The van der Waals surface area contributed by atoms with Crippen molar-refractivity contribution in [2.45, 2.75) is 25.4 Å². The van der Waals surface area contributed by atoms with Gasteiger partial charge in [-0.2, -0.15) is 0 Å². The van der Waals surface area contributed by atoms with Gasteiger partial charge >= 0.3 is 5.97 Å². The van der Waals surface area contributed by atoms with Crippen LogP contribution in [0.3, 0.4) is 0 Å². The van der Waals surface area contributed by atoms with Gasteiger partial charge in [0.05, 0.1) is 4.88 Å². The lowest BCUT2D eigenvalue weighted by atomic mass is 10.0. The number of cyclic esters (lactones) is 1. The lowest BCUT2D eigenvalue weighted by molar-refractivity contribution is -0.147. The Morgan fingerprint density at radius 2 is 2.16 bits per heavy atom. The summed E-state index contributed by atoms with van der Waals surface area (Å²) in [6.45, 7) is 1.94. The Balaban J connectivity index is 1.78. The molecule has 4 nitrogen and oxygen atoms in total. The molecule has 0 spiro atoms. The van der Waals surface area contributed by atoms with E-state index in [-0.39, 0.29) is 5.97 Å². The fourth-order valence-electron chi connectivity index (χ4n) is 2.09. The first-order valence-corrected chi connectivity index (χ1v) is 6.98. The molecule has 1 fully saturated rings. The van der Waals surface area contributed by atoms with Crippen molar-refractivity contribution in [1.82, 2.24) is 4.98 Å². The van der Waals surface area contributed by atoms with Gasteiger partial charge in [-0.1, -0.05) is 29.5 Å². The number of para-hydroxylation sites is 1. The lowest BCUT2D eigenvalue weighted by Gasteiger charge is -2.19. The molecule has 0 bridgehead atoms. The molecule has 0 amide bonds. The Kier molecular flexibility index (Phi) is 2.98. The Hall–Kier alpha value is -1.88. The zero-order valence-electron chi connectivity index (χ0n) is 10.6. The van der Waals surface area contributed by atoms with E-state index in [1.54, 1.807) is 6.20 Å². The average molecular weight is 274 g/mol. The molecule has 2 heterocycles. The Bertz CT molecular complexity index is 597. The second kappa shape index (κ2) is 4.66. The maximum Gasteiger partial charge on any atom is 0.306 e. The molecule has 0 unspecified atom stereocenters. The van der Waals surface area contributed by atoms with E-state index in [4.69, 9.17) is 4.74 Å². The van der Waals surface area contributed by atoms with Gasteiger partial charge in [0.2, 0.25) is 0 Å². The van der Waals surface area contributed by atoms with Gasteiger partial charge in [0.1, 0.15) is 5.60 Å². The zero-order valence-corrected chi connectivity index (χ0v) is 11.4. The van der Waals surface area contributed by atoms with Crippen LogP contribution in [0.1, 0.15) is 24.6 Å². The number of nitrogens with one attached hydrogen (secondary N) is 1. The number of nitrogens with zero attached hydrogens (tertiary/aromatic N) is 1. The number of esters is 1. The SMILES string of the molecule is C[C@]1(c2cnc(Nc3ccccc3)s2)CCC(=O)O1. The number of ether oxygens (including phenoxy) is 1. The van der Waals surface area contributed by atoms with Gasteiger partial charge in [0, 0.05) is 24.7 Å². The van der Waals surface area contributed by atoms with E-state index >= 15 is 0 Å². The number of hydrogen-bond donors (Lipinski definition) is 1. The van der Waals surface area contributed by atoms with Gasteiger partial charge < -0.3 is 10.1 Å². The summed E-state index contributed by atoms with van der Waals surface area (Å²) in [6, 6.07) is 9.88. The van der Waals surface area contributed by atoms with Crippen molar-refractivity contribution in [3.05, 3.63) is 41.4 Å². The highest BCUT2D eigenvalue weighted by atomic mass is 32.1. The topological polar surface area (TPSA) is 51.2 Å². The summed E-state index contributed by atoms with van der Waals surface area (Å²) in [7, 11) is 0. The predicted molar refractivity (Wildman–Crippen MR) is 74.5 cm³/mol. The predicted octanol–water partition coefficient (Wildman–Crippen LogP) is 3.44. The number of carbonyl (C=O) groups is 1. The first kappa shape index (κ1) is 12.2. The minimum Gasteiger partial charge on any atom is -0.454 e. The van der Waals surface area contributed by atoms with Crippen molar-refractivity contribution in [3.63, 3.8) is 0 Å². The summed E-state index contributed by atoms with van der Waals surface area (Å²) >= 11 is 1.53. The van der Waals surface area contributed by atoms with Gasteiger partial charge in [-0.05, 0) is 19.1 Å². The molecule has 19 heavy (non-hydrogen) atoms. The van der Waals surface area contributed by atoms with Gasteiger partial charge in [-0.25, -0.2) is 4.98 Å². The largest absolute Gasteiger partial charge is 0.454 e. The van der Waals surface area contributed by atoms with Crippen molar-refractivity contribution in [2.75, 3.05) is 5.32 Å². The second-order valence-corrected chi connectivity index (χ2v) is 5.76. The van der Waals surface area contributed by atoms with Gasteiger partial charge in [-0.15, -0.1) is 0 Å². The summed E-state index contributed by atoms with van der Waals surface area (Å²) in [6.07, 6.45) is 2.99. The fraction of sp³-hybridized carbons (Fsp3) is 0.286. The van der Waals surface area contributed by atoms with Crippen LogP contribution in [0.4, 0.5) is 10.8 Å². The van der Waals surface area contributed by atoms with Crippen LogP contribution in [0.5, 0.6) is 0 Å². The molecule has 3 rings (SSSR count). The average Bonchev–Trinajstić information content (AvgIpc) is 2.99. The summed E-state index contributed by atoms with van der Waals surface area (Å²) < 4.78 is 5.40. The summed E-state index contributed by atoms with van der Waals surface area (Å²) in [5.74, 6) is -0.131. The zero-order chi connectivity index (χ0) is 13.3. The van der Waals surface area contributed by atoms with Crippen LogP contribution < -0.4 is 5.32 Å². The molecule has 1 saturated heterocycles. The minimum atomic E-state index is -0.509. The summed E-state index contributed by atoms with van der Waals surface area (Å²) in [5, 5.41) is 4.05. The third kappa shape index (κ3) is 2.46. The fourth-order valence-corrected chi connectivity index (χ4v) is 3.04. The van der Waals surface area contributed by atoms with Crippen LogP contribution in [-0.4, -0.2) is 11.0 Å². The summed E-state index contributed by atoms with van der Waals surface area (Å²) in [4.78, 5) is 16.6. The van der Waals surface area contributed by atoms with E-state index in [0.29, 0.717) is 6.42 Å². The highest BCUT2D eigenvalue weighted by Crippen LogP contribution is 2.40. The molecule has 1 aromatic heterocycles. The van der Waals surface area contributed by atoms with E-state index in [0.717, 1.165) is 22.1 Å². The molecular formula is C14H14N2O2S. The highest BCUT2D eigenvalue weighted by Gasteiger charge is 2.39. The maximum absolute atomic E-state index is 11.3. The molecule has 98 valence electrons. The van der Waals surface area contributed by atoms with Crippen molar-refractivity contribution >= 4 is 28.1 Å². The van der Waals surface area contributed by atoms with E-state index < -0.39 is 5.60 Å². The molecule has 0 saturated carbocycles. The Morgan fingerprint density at radius 3 is 2.84 bits per heavy atom. The first-order chi connectivity index (χ1) is 9.16. The van der Waals surface area contributed by atoms with Gasteiger partial charge in [-0.3, -0.25) is 4.79 Å². The minimum absolute atomic E-state index is 0.131. The normalized spacial score (nSPS) is 22.3. The molecule has 2 aromatic rings.